The van der Waals surface area contributed by atoms with Crippen molar-refractivity contribution in [1.29, 1.82) is 0 Å². The van der Waals surface area contributed by atoms with Gasteiger partial charge < -0.3 is 14.4 Å². The van der Waals surface area contributed by atoms with E-state index < -0.39 is 0 Å². The number of hydrogen-bond acceptors (Lipinski definition) is 3. The molecule has 0 saturated heterocycles. The molecule has 4 nitrogen and oxygen atoms in total. The molecule has 0 aliphatic rings. The second-order valence-corrected chi connectivity index (χ2v) is 6.38. The van der Waals surface area contributed by atoms with Crippen LogP contribution in [0, 0.1) is 5.82 Å². The van der Waals surface area contributed by atoms with Crippen LogP contribution in [-0.2, 0) is 0 Å². The van der Waals surface area contributed by atoms with Gasteiger partial charge in [-0.1, -0.05) is 42.5 Å². The van der Waals surface area contributed by atoms with Crippen LogP contribution in [0.5, 0.6) is 11.5 Å². The molecule has 1 amide bonds. The SMILES string of the molecule is COc1cc(OC)cc(C(=O)N(C)C(c2ccccc2)c2ccc(F)cc2)c1. The largest absolute Gasteiger partial charge is 0.497 e. The van der Waals surface area contributed by atoms with Crippen molar-refractivity contribution in [3.63, 3.8) is 0 Å². The van der Waals surface area contributed by atoms with Crippen LogP contribution in [0.2, 0.25) is 0 Å². The van der Waals surface area contributed by atoms with E-state index in [2.05, 4.69) is 0 Å². The van der Waals surface area contributed by atoms with Gasteiger partial charge in [0.2, 0.25) is 0 Å². The van der Waals surface area contributed by atoms with Gasteiger partial charge in [0, 0.05) is 18.7 Å². The lowest BCUT2D eigenvalue weighted by Crippen LogP contribution is -2.32. The van der Waals surface area contributed by atoms with Gasteiger partial charge in [0.1, 0.15) is 17.3 Å². The fourth-order valence-electron chi connectivity index (χ4n) is 3.17. The molecule has 0 saturated carbocycles. The smallest absolute Gasteiger partial charge is 0.254 e. The first kappa shape index (κ1) is 19.4. The molecule has 144 valence electrons. The number of methoxy groups -OCH3 is 2. The number of benzene rings is 3. The predicted octanol–water partition coefficient (Wildman–Crippen LogP) is 4.70. The summed E-state index contributed by atoms with van der Waals surface area (Å²) in [6, 6.07) is 20.5. The van der Waals surface area contributed by atoms with Crippen LogP contribution in [-0.4, -0.2) is 32.1 Å². The van der Waals surface area contributed by atoms with Gasteiger partial charge in [0.05, 0.1) is 20.3 Å². The third-order valence-electron chi connectivity index (χ3n) is 4.61. The van der Waals surface area contributed by atoms with Gasteiger partial charge in [-0.05, 0) is 35.4 Å². The van der Waals surface area contributed by atoms with E-state index >= 15 is 0 Å². The minimum atomic E-state index is -0.369. The van der Waals surface area contributed by atoms with Gasteiger partial charge in [0.25, 0.3) is 5.91 Å². The summed E-state index contributed by atoms with van der Waals surface area (Å²) in [6.45, 7) is 0. The number of amides is 1. The zero-order valence-corrected chi connectivity index (χ0v) is 16.1. The Hall–Kier alpha value is -3.34. The first-order valence-corrected chi connectivity index (χ1v) is 8.84. The van der Waals surface area contributed by atoms with Crippen LogP contribution < -0.4 is 9.47 Å². The Bertz CT molecular complexity index is 920. The third kappa shape index (κ3) is 4.14. The van der Waals surface area contributed by atoms with Crippen LogP contribution in [0.1, 0.15) is 27.5 Å². The zero-order valence-electron chi connectivity index (χ0n) is 16.1. The molecule has 0 radical (unpaired) electrons. The number of nitrogens with zero attached hydrogens (tertiary/aromatic N) is 1. The maximum Gasteiger partial charge on any atom is 0.254 e. The van der Waals surface area contributed by atoms with E-state index in [1.165, 1.54) is 26.4 Å². The summed E-state index contributed by atoms with van der Waals surface area (Å²) in [5.41, 5.74) is 2.19. The van der Waals surface area contributed by atoms with Crippen LogP contribution >= 0.6 is 0 Å². The number of carbonyl (C=O) groups excluding carboxylic acids is 1. The first-order valence-electron chi connectivity index (χ1n) is 8.84. The lowest BCUT2D eigenvalue weighted by Gasteiger charge is -2.29. The zero-order chi connectivity index (χ0) is 20.1. The highest BCUT2D eigenvalue weighted by Crippen LogP contribution is 2.30. The lowest BCUT2D eigenvalue weighted by molar-refractivity contribution is 0.0754. The summed E-state index contributed by atoms with van der Waals surface area (Å²) in [7, 11) is 4.81. The fourth-order valence-corrected chi connectivity index (χ4v) is 3.17. The molecule has 5 heteroatoms. The van der Waals surface area contributed by atoms with Gasteiger partial charge in [-0.3, -0.25) is 4.79 Å². The van der Waals surface area contributed by atoms with E-state index in [1.54, 1.807) is 42.3 Å². The second kappa shape index (κ2) is 8.57. The molecule has 0 spiro atoms. The van der Waals surface area contributed by atoms with Crippen molar-refractivity contribution < 1.29 is 18.7 Å². The highest BCUT2D eigenvalue weighted by atomic mass is 19.1. The molecule has 3 aromatic carbocycles. The summed E-state index contributed by atoms with van der Waals surface area (Å²) in [5.74, 6) is 0.556. The van der Waals surface area contributed by atoms with Crippen LogP contribution in [0.3, 0.4) is 0 Å². The van der Waals surface area contributed by atoms with Gasteiger partial charge >= 0.3 is 0 Å². The van der Waals surface area contributed by atoms with Crippen molar-refractivity contribution in [2.75, 3.05) is 21.3 Å². The Morgan fingerprint density at radius 3 is 1.93 bits per heavy atom. The van der Waals surface area contributed by atoms with E-state index in [0.717, 1.165) is 11.1 Å². The van der Waals surface area contributed by atoms with Gasteiger partial charge in [-0.15, -0.1) is 0 Å². The summed E-state index contributed by atoms with van der Waals surface area (Å²) in [6.07, 6.45) is 0. The Kier molecular flexibility index (Phi) is 5.94. The van der Waals surface area contributed by atoms with Crippen LogP contribution in [0.4, 0.5) is 4.39 Å². The van der Waals surface area contributed by atoms with E-state index in [0.29, 0.717) is 17.1 Å². The van der Waals surface area contributed by atoms with Crippen molar-refractivity contribution in [3.05, 3.63) is 95.3 Å². The normalized spacial score (nSPS) is 11.6. The molecule has 0 fully saturated rings. The van der Waals surface area contributed by atoms with E-state index in [4.69, 9.17) is 9.47 Å². The molecule has 0 heterocycles. The molecule has 0 N–H and O–H groups in total. The van der Waals surface area contributed by atoms with E-state index in [9.17, 15) is 9.18 Å². The molecule has 3 aromatic rings. The minimum Gasteiger partial charge on any atom is -0.497 e. The highest BCUT2D eigenvalue weighted by Gasteiger charge is 2.25. The molecule has 1 unspecified atom stereocenters. The van der Waals surface area contributed by atoms with Crippen molar-refractivity contribution in [2.45, 2.75) is 6.04 Å². The summed E-state index contributed by atoms with van der Waals surface area (Å²) in [4.78, 5) is 14.9. The maximum atomic E-state index is 13.4. The molecular formula is C23H22FNO3. The molecule has 3 rings (SSSR count). The molecule has 0 aliphatic heterocycles. The predicted molar refractivity (Wildman–Crippen MR) is 106 cm³/mol. The summed E-state index contributed by atoms with van der Waals surface area (Å²) in [5, 5.41) is 0. The summed E-state index contributed by atoms with van der Waals surface area (Å²) < 4.78 is 24.0. The molecule has 0 aromatic heterocycles. The molecule has 0 bridgehead atoms. The number of halogens is 1. The quantitative estimate of drug-likeness (QED) is 0.623. The standard InChI is InChI=1S/C23H22FNO3/c1-25(23(26)18-13-20(27-2)15-21(14-18)28-3)22(16-7-5-4-6-8-16)17-9-11-19(24)12-10-17/h4-15,22H,1-3H3. The third-order valence-corrected chi connectivity index (χ3v) is 4.61. The highest BCUT2D eigenvalue weighted by molar-refractivity contribution is 5.95. The van der Waals surface area contributed by atoms with Gasteiger partial charge in [-0.25, -0.2) is 4.39 Å². The number of ether oxygens (including phenoxy) is 2. The lowest BCUT2D eigenvalue weighted by atomic mass is 9.96. The molecule has 0 aliphatic carbocycles. The number of carbonyl (C=O) groups is 1. The monoisotopic (exact) mass is 379 g/mol. The van der Waals surface area contributed by atoms with Crippen molar-refractivity contribution >= 4 is 5.91 Å². The number of hydrogen-bond donors (Lipinski definition) is 0. The molecular weight excluding hydrogens is 357 g/mol. The summed E-state index contributed by atoms with van der Waals surface area (Å²) >= 11 is 0. The molecule has 28 heavy (non-hydrogen) atoms. The fraction of sp³-hybridized carbons (Fsp3) is 0.174. The van der Waals surface area contributed by atoms with Crippen LogP contribution in [0.25, 0.3) is 0 Å². The van der Waals surface area contributed by atoms with Crippen LogP contribution in [0.15, 0.2) is 72.8 Å². The average molecular weight is 379 g/mol. The second-order valence-electron chi connectivity index (χ2n) is 6.38. The molecule has 1 atom stereocenters. The topological polar surface area (TPSA) is 38.8 Å². The first-order chi connectivity index (χ1) is 13.5. The number of rotatable bonds is 6. The van der Waals surface area contributed by atoms with E-state index in [-0.39, 0.29) is 17.8 Å². The van der Waals surface area contributed by atoms with Crippen molar-refractivity contribution in [3.8, 4) is 11.5 Å². The Labute approximate surface area is 164 Å². The van der Waals surface area contributed by atoms with Crippen molar-refractivity contribution in [2.24, 2.45) is 0 Å². The van der Waals surface area contributed by atoms with Gasteiger partial charge in [-0.2, -0.15) is 0 Å². The maximum absolute atomic E-state index is 13.4. The minimum absolute atomic E-state index is 0.199. The average Bonchev–Trinajstić information content (AvgIpc) is 2.75. The van der Waals surface area contributed by atoms with Gasteiger partial charge in [0.15, 0.2) is 0 Å². The Balaban J connectivity index is 2.03. The Morgan fingerprint density at radius 2 is 1.39 bits per heavy atom. The van der Waals surface area contributed by atoms with Crippen molar-refractivity contribution in [1.82, 2.24) is 4.90 Å². The van der Waals surface area contributed by atoms with E-state index in [1.807, 2.05) is 30.3 Å². The Morgan fingerprint density at radius 1 is 0.857 bits per heavy atom.